The van der Waals surface area contributed by atoms with E-state index in [0.29, 0.717) is 10.7 Å². The second-order valence-electron chi connectivity index (χ2n) is 5.12. The van der Waals surface area contributed by atoms with Crippen molar-refractivity contribution in [3.8, 4) is 11.1 Å². The number of carbonyl (C=O) groups excluding carboxylic acids is 1. The number of nitrogen functional groups attached to an aromatic ring is 1. The summed E-state index contributed by atoms with van der Waals surface area (Å²) in [5, 5.41) is 3.31. The highest BCUT2D eigenvalue weighted by Crippen LogP contribution is 2.32. The fourth-order valence-corrected chi connectivity index (χ4v) is 3.38. The van der Waals surface area contributed by atoms with Crippen molar-refractivity contribution in [2.75, 3.05) is 11.1 Å². The fourth-order valence-electron chi connectivity index (χ4n) is 2.43. The average molecular weight is 324 g/mol. The lowest BCUT2D eigenvalue weighted by Gasteiger charge is -2.01. The lowest BCUT2D eigenvalue weighted by atomic mass is 10.1. The highest BCUT2D eigenvalue weighted by molar-refractivity contribution is 7.22. The molecule has 0 spiro atoms. The number of anilines is 2. The van der Waals surface area contributed by atoms with E-state index in [1.165, 1.54) is 18.3 Å². The number of hydrogen-bond donors (Lipinski definition) is 2. The predicted molar refractivity (Wildman–Crippen MR) is 91.3 cm³/mol. The van der Waals surface area contributed by atoms with Crippen molar-refractivity contribution in [2.24, 2.45) is 0 Å². The molecule has 114 valence electrons. The van der Waals surface area contributed by atoms with Gasteiger partial charge in [0.05, 0.1) is 10.2 Å². The van der Waals surface area contributed by atoms with Crippen LogP contribution in [0.25, 0.3) is 32.4 Å². The molecular formula is C16H12N4O2S. The van der Waals surface area contributed by atoms with Gasteiger partial charge in [0.25, 0.3) is 6.01 Å². The van der Waals surface area contributed by atoms with Crippen LogP contribution in [0.4, 0.5) is 11.1 Å². The fraction of sp³-hybridized carbons (Fsp3) is 0.0625. The minimum absolute atomic E-state index is 0.127. The van der Waals surface area contributed by atoms with Crippen LogP contribution in [-0.2, 0) is 4.79 Å². The number of benzene rings is 2. The number of fused-ring (bicyclic) bond motifs is 2. The highest BCUT2D eigenvalue weighted by atomic mass is 32.1. The number of rotatable bonds is 2. The molecule has 3 N–H and O–H groups in total. The summed E-state index contributed by atoms with van der Waals surface area (Å²) in [5.74, 6) is -0.127. The zero-order valence-electron chi connectivity index (χ0n) is 12.2. The summed E-state index contributed by atoms with van der Waals surface area (Å²) in [6, 6.07) is 11.9. The molecule has 0 atom stereocenters. The Morgan fingerprint density at radius 1 is 1.13 bits per heavy atom. The minimum atomic E-state index is -0.127. The van der Waals surface area contributed by atoms with Gasteiger partial charge in [-0.2, -0.15) is 4.98 Å². The molecule has 23 heavy (non-hydrogen) atoms. The van der Waals surface area contributed by atoms with Crippen molar-refractivity contribution in [3.63, 3.8) is 0 Å². The summed E-state index contributed by atoms with van der Waals surface area (Å²) in [6.45, 7) is 1.47. The van der Waals surface area contributed by atoms with Crippen molar-refractivity contribution in [1.29, 1.82) is 0 Å². The molecule has 4 aromatic rings. The third-order valence-corrected chi connectivity index (χ3v) is 4.34. The van der Waals surface area contributed by atoms with E-state index < -0.39 is 0 Å². The quantitative estimate of drug-likeness (QED) is 0.587. The molecule has 0 aliphatic carbocycles. The first-order valence-electron chi connectivity index (χ1n) is 6.93. The summed E-state index contributed by atoms with van der Waals surface area (Å²) < 4.78 is 6.38. The van der Waals surface area contributed by atoms with Crippen molar-refractivity contribution in [1.82, 2.24) is 9.97 Å². The Kier molecular flexibility index (Phi) is 3.02. The minimum Gasteiger partial charge on any atom is -0.424 e. The van der Waals surface area contributed by atoms with Gasteiger partial charge in [0, 0.05) is 6.92 Å². The van der Waals surface area contributed by atoms with Gasteiger partial charge in [0.1, 0.15) is 5.52 Å². The molecule has 0 fully saturated rings. The van der Waals surface area contributed by atoms with Crippen LogP contribution < -0.4 is 11.1 Å². The monoisotopic (exact) mass is 324 g/mol. The molecule has 0 saturated carbocycles. The summed E-state index contributed by atoms with van der Waals surface area (Å²) >= 11 is 1.44. The smallest absolute Gasteiger partial charge is 0.292 e. The molecule has 0 saturated heterocycles. The third kappa shape index (κ3) is 2.51. The van der Waals surface area contributed by atoms with Crippen LogP contribution in [0.3, 0.4) is 0 Å². The standard InChI is InChI=1S/C16H12N4O2S/c1-8(21)18-16-20-12-5-3-10(7-14(12)23-16)9-2-4-11-13(6-9)22-15(17)19-11/h2-7H,1H3,(H2,17,19)(H,18,20,21). The molecule has 0 radical (unpaired) electrons. The molecular weight excluding hydrogens is 312 g/mol. The van der Waals surface area contributed by atoms with Crippen LogP contribution in [-0.4, -0.2) is 15.9 Å². The highest BCUT2D eigenvalue weighted by Gasteiger charge is 2.09. The Balaban J connectivity index is 1.78. The summed E-state index contributed by atoms with van der Waals surface area (Å²) in [4.78, 5) is 19.6. The van der Waals surface area contributed by atoms with E-state index in [1.807, 2.05) is 36.4 Å². The Labute approximate surface area is 135 Å². The number of nitrogens with two attached hydrogens (primary N) is 1. The number of oxazole rings is 1. The molecule has 0 aliphatic rings. The first-order valence-corrected chi connectivity index (χ1v) is 7.75. The van der Waals surface area contributed by atoms with E-state index in [-0.39, 0.29) is 11.9 Å². The number of carbonyl (C=O) groups is 1. The Morgan fingerprint density at radius 2 is 1.87 bits per heavy atom. The molecule has 6 nitrogen and oxygen atoms in total. The van der Waals surface area contributed by atoms with Gasteiger partial charge < -0.3 is 15.5 Å². The largest absolute Gasteiger partial charge is 0.424 e. The number of hydrogen-bond acceptors (Lipinski definition) is 6. The van der Waals surface area contributed by atoms with Crippen LogP contribution in [0.5, 0.6) is 0 Å². The van der Waals surface area contributed by atoms with Gasteiger partial charge >= 0.3 is 0 Å². The topological polar surface area (TPSA) is 94.0 Å². The molecule has 7 heteroatoms. The molecule has 2 aromatic heterocycles. The molecule has 0 bridgehead atoms. The van der Waals surface area contributed by atoms with E-state index in [9.17, 15) is 4.79 Å². The Hall–Kier alpha value is -2.93. The Bertz CT molecular complexity index is 1050. The lowest BCUT2D eigenvalue weighted by molar-refractivity contribution is -0.114. The van der Waals surface area contributed by atoms with Gasteiger partial charge in [0.15, 0.2) is 10.7 Å². The van der Waals surface area contributed by atoms with E-state index in [1.54, 1.807) is 0 Å². The van der Waals surface area contributed by atoms with Crippen molar-refractivity contribution >= 4 is 49.7 Å². The summed E-state index contributed by atoms with van der Waals surface area (Å²) in [5.41, 5.74) is 9.86. The van der Waals surface area contributed by atoms with Crippen molar-refractivity contribution in [3.05, 3.63) is 36.4 Å². The maximum absolute atomic E-state index is 11.1. The molecule has 0 aliphatic heterocycles. The number of amides is 1. The maximum atomic E-state index is 11.1. The lowest BCUT2D eigenvalue weighted by Crippen LogP contribution is -2.04. The van der Waals surface area contributed by atoms with E-state index in [0.717, 1.165) is 26.9 Å². The van der Waals surface area contributed by atoms with E-state index >= 15 is 0 Å². The van der Waals surface area contributed by atoms with Gasteiger partial charge in [-0.05, 0) is 35.4 Å². The van der Waals surface area contributed by atoms with Crippen LogP contribution in [0, 0.1) is 0 Å². The second-order valence-corrected chi connectivity index (χ2v) is 6.15. The number of nitrogens with one attached hydrogen (secondary N) is 1. The van der Waals surface area contributed by atoms with Gasteiger partial charge in [0.2, 0.25) is 5.91 Å². The van der Waals surface area contributed by atoms with Gasteiger partial charge in [-0.3, -0.25) is 4.79 Å². The van der Waals surface area contributed by atoms with E-state index in [2.05, 4.69) is 15.3 Å². The number of nitrogens with zero attached hydrogens (tertiary/aromatic N) is 2. The zero-order chi connectivity index (χ0) is 16.0. The third-order valence-electron chi connectivity index (χ3n) is 3.41. The molecule has 4 rings (SSSR count). The van der Waals surface area contributed by atoms with E-state index in [4.69, 9.17) is 10.2 Å². The Morgan fingerprint density at radius 3 is 2.65 bits per heavy atom. The van der Waals surface area contributed by atoms with Crippen LogP contribution in [0.15, 0.2) is 40.8 Å². The maximum Gasteiger partial charge on any atom is 0.292 e. The van der Waals surface area contributed by atoms with Crippen molar-refractivity contribution in [2.45, 2.75) is 6.92 Å². The zero-order valence-corrected chi connectivity index (χ0v) is 13.0. The van der Waals surface area contributed by atoms with Crippen LogP contribution in [0.1, 0.15) is 6.92 Å². The number of thiazole rings is 1. The molecule has 2 heterocycles. The second kappa shape index (κ2) is 5.06. The number of aromatic nitrogens is 2. The molecule has 1 amide bonds. The summed E-state index contributed by atoms with van der Waals surface area (Å²) in [6.07, 6.45) is 0. The normalized spacial score (nSPS) is 11.2. The van der Waals surface area contributed by atoms with Gasteiger partial charge in [-0.25, -0.2) is 4.98 Å². The van der Waals surface area contributed by atoms with Crippen molar-refractivity contribution < 1.29 is 9.21 Å². The summed E-state index contributed by atoms with van der Waals surface area (Å²) in [7, 11) is 0. The van der Waals surface area contributed by atoms with Gasteiger partial charge in [-0.15, -0.1) is 0 Å². The van der Waals surface area contributed by atoms with Crippen LogP contribution in [0.2, 0.25) is 0 Å². The van der Waals surface area contributed by atoms with Crippen LogP contribution >= 0.6 is 11.3 Å². The average Bonchev–Trinajstić information content (AvgIpc) is 3.05. The first kappa shape index (κ1) is 13.7. The van der Waals surface area contributed by atoms with Gasteiger partial charge in [-0.1, -0.05) is 23.5 Å². The molecule has 0 unspecified atom stereocenters. The first-order chi connectivity index (χ1) is 11.1. The molecule has 2 aromatic carbocycles. The SMILES string of the molecule is CC(=O)Nc1nc2ccc(-c3ccc4nc(N)oc4c3)cc2s1. The predicted octanol–water partition coefficient (Wildman–Crippen LogP) is 3.65.